The van der Waals surface area contributed by atoms with Gasteiger partial charge in [0.15, 0.2) is 0 Å². The van der Waals surface area contributed by atoms with Gasteiger partial charge in [0.2, 0.25) is 0 Å². The molecule has 6 nitrogen and oxygen atoms in total. The molecule has 1 aliphatic carbocycles. The predicted molar refractivity (Wildman–Crippen MR) is 97.3 cm³/mol. The van der Waals surface area contributed by atoms with Crippen molar-refractivity contribution in [3.8, 4) is 0 Å². The summed E-state index contributed by atoms with van der Waals surface area (Å²) >= 11 is 0. The number of aromatic nitrogens is 2. The van der Waals surface area contributed by atoms with Crippen molar-refractivity contribution >= 4 is 6.03 Å². The summed E-state index contributed by atoms with van der Waals surface area (Å²) in [6.45, 7) is 7.73. The molecule has 1 heterocycles. The molecule has 0 radical (unpaired) electrons. The van der Waals surface area contributed by atoms with Crippen LogP contribution in [0.15, 0.2) is 0 Å². The number of rotatable bonds is 7. The van der Waals surface area contributed by atoms with E-state index >= 15 is 0 Å². The SMILES string of the molecule is Cc1nn(C)c(C)c1C[C@H](C)NC(=O)NCCN(C)C1CCCC1. The van der Waals surface area contributed by atoms with Crippen LogP contribution in [0.4, 0.5) is 4.79 Å². The number of carbonyl (C=O) groups excluding carboxylic acids is 1. The maximum absolute atomic E-state index is 12.1. The van der Waals surface area contributed by atoms with E-state index in [1.165, 1.54) is 36.9 Å². The van der Waals surface area contributed by atoms with Crippen molar-refractivity contribution in [1.29, 1.82) is 0 Å². The number of hydrogen-bond donors (Lipinski definition) is 2. The first kappa shape index (κ1) is 18.8. The summed E-state index contributed by atoms with van der Waals surface area (Å²) in [5, 5.41) is 10.4. The van der Waals surface area contributed by atoms with Crippen LogP contribution in [0, 0.1) is 13.8 Å². The highest BCUT2D eigenvalue weighted by atomic mass is 16.2. The lowest BCUT2D eigenvalue weighted by Crippen LogP contribution is -2.44. The van der Waals surface area contributed by atoms with Gasteiger partial charge in [-0.3, -0.25) is 4.68 Å². The molecule has 0 spiro atoms. The van der Waals surface area contributed by atoms with Crippen molar-refractivity contribution in [2.45, 2.75) is 65.0 Å². The van der Waals surface area contributed by atoms with Gasteiger partial charge in [0, 0.05) is 37.9 Å². The maximum atomic E-state index is 12.1. The number of likely N-dealkylation sites (N-methyl/N-ethyl adjacent to an activating group) is 1. The van der Waals surface area contributed by atoms with Gasteiger partial charge in [-0.2, -0.15) is 5.10 Å². The van der Waals surface area contributed by atoms with E-state index in [1.54, 1.807) is 0 Å². The first-order valence-corrected chi connectivity index (χ1v) is 9.12. The molecular formula is C18H33N5O. The van der Waals surface area contributed by atoms with Crippen LogP contribution in [0.1, 0.15) is 49.6 Å². The van der Waals surface area contributed by atoms with E-state index in [4.69, 9.17) is 0 Å². The molecule has 24 heavy (non-hydrogen) atoms. The Balaban J connectivity index is 1.69. The fraction of sp³-hybridized carbons (Fsp3) is 0.778. The van der Waals surface area contributed by atoms with E-state index in [0.717, 1.165) is 18.7 Å². The van der Waals surface area contributed by atoms with Crippen molar-refractivity contribution in [2.75, 3.05) is 20.1 Å². The minimum Gasteiger partial charge on any atom is -0.337 e. The molecule has 0 aliphatic heterocycles. The Hall–Kier alpha value is -1.56. The largest absolute Gasteiger partial charge is 0.337 e. The zero-order valence-electron chi connectivity index (χ0n) is 15.9. The van der Waals surface area contributed by atoms with Crippen LogP contribution in [-0.2, 0) is 13.5 Å². The molecule has 0 bridgehead atoms. The summed E-state index contributed by atoms with van der Waals surface area (Å²) in [6.07, 6.45) is 6.08. The lowest BCUT2D eigenvalue weighted by Gasteiger charge is -2.24. The topological polar surface area (TPSA) is 62.2 Å². The highest BCUT2D eigenvalue weighted by Crippen LogP contribution is 2.21. The first-order chi connectivity index (χ1) is 11.4. The second-order valence-corrected chi connectivity index (χ2v) is 7.20. The van der Waals surface area contributed by atoms with E-state index in [2.05, 4.69) is 34.6 Å². The minimum absolute atomic E-state index is 0.0819. The van der Waals surface area contributed by atoms with Gasteiger partial charge in [-0.1, -0.05) is 12.8 Å². The fourth-order valence-corrected chi connectivity index (χ4v) is 3.62. The lowest BCUT2D eigenvalue weighted by atomic mass is 10.1. The summed E-state index contributed by atoms with van der Waals surface area (Å²) in [7, 11) is 4.11. The number of carbonyl (C=O) groups is 1. The van der Waals surface area contributed by atoms with Crippen molar-refractivity contribution in [3.63, 3.8) is 0 Å². The third-order valence-corrected chi connectivity index (χ3v) is 5.24. The van der Waals surface area contributed by atoms with Crippen molar-refractivity contribution in [1.82, 2.24) is 25.3 Å². The van der Waals surface area contributed by atoms with Gasteiger partial charge in [0.1, 0.15) is 0 Å². The number of hydrogen-bond acceptors (Lipinski definition) is 3. The molecule has 2 N–H and O–H groups in total. The molecule has 1 aromatic rings. The smallest absolute Gasteiger partial charge is 0.315 e. The van der Waals surface area contributed by atoms with Crippen LogP contribution in [0.25, 0.3) is 0 Å². The normalized spacial score (nSPS) is 16.6. The molecule has 136 valence electrons. The van der Waals surface area contributed by atoms with Gasteiger partial charge in [-0.25, -0.2) is 4.79 Å². The highest BCUT2D eigenvalue weighted by molar-refractivity contribution is 5.74. The van der Waals surface area contributed by atoms with E-state index in [-0.39, 0.29) is 12.1 Å². The van der Waals surface area contributed by atoms with Crippen LogP contribution < -0.4 is 10.6 Å². The zero-order valence-corrected chi connectivity index (χ0v) is 15.9. The second-order valence-electron chi connectivity index (χ2n) is 7.20. The molecule has 1 fully saturated rings. The molecule has 6 heteroatoms. The molecular weight excluding hydrogens is 302 g/mol. The number of aryl methyl sites for hydroxylation is 2. The number of nitrogens with one attached hydrogen (secondary N) is 2. The molecule has 2 amide bonds. The Labute approximate surface area is 146 Å². The number of nitrogens with zero attached hydrogens (tertiary/aromatic N) is 3. The second kappa shape index (κ2) is 8.51. The monoisotopic (exact) mass is 335 g/mol. The highest BCUT2D eigenvalue weighted by Gasteiger charge is 2.19. The fourth-order valence-electron chi connectivity index (χ4n) is 3.62. The van der Waals surface area contributed by atoms with Crippen LogP contribution in [-0.4, -0.2) is 52.9 Å². The van der Waals surface area contributed by atoms with Gasteiger partial charge >= 0.3 is 6.03 Å². The molecule has 1 saturated carbocycles. The molecule has 0 aromatic carbocycles. The predicted octanol–water partition coefficient (Wildman–Crippen LogP) is 2.14. The van der Waals surface area contributed by atoms with Crippen molar-refractivity contribution in [2.24, 2.45) is 7.05 Å². The third kappa shape index (κ3) is 4.97. The van der Waals surface area contributed by atoms with Gasteiger partial charge < -0.3 is 15.5 Å². The number of urea groups is 1. The van der Waals surface area contributed by atoms with E-state index < -0.39 is 0 Å². The zero-order chi connectivity index (χ0) is 17.7. The van der Waals surface area contributed by atoms with Crippen molar-refractivity contribution in [3.05, 3.63) is 17.0 Å². The quantitative estimate of drug-likeness (QED) is 0.802. The Bertz CT molecular complexity index is 548. The summed E-state index contributed by atoms with van der Waals surface area (Å²) in [5.41, 5.74) is 3.44. The van der Waals surface area contributed by atoms with Gasteiger partial charge in [0.25, 0.3) is 0 Å². The summed E-state index contributed by atoms with van der Waals surface area (Å²) in [5.74, 6) is 0. The van der Waals surface area contributed by atoms with Crippen LogP contribution in [0.2, 0.25) is 0 Å². The molecule has 1 aromatic heterocycles. The minimum atomic E-state index is -0.0819. The molecule has 1 aliphatic rings. The first-order valence-electron chi connectivity index (χ1n) is 9.12. The van der Waals surface area contributed by atoms with E-state index in [9.17, 15) is 4.79 Å². The van der Waals surface area contributed by atoms with Gasteiger partial charge in [-0.15, -0.1) is 0 Å². The van der Waals surface area contributed by atoms with Crippen LogP contribution in [0.5, 0.6) is 0 Å². The Morgan fingerprint density at radius 2 is 2.04 bits per heavy atom. The van der Waals surface area contributed by atoms with Crippen LogP contribution >= 0.6 is 0 Å². The maximum Gasteiger partial charge on any atom is 0.315 e. The average molecular weight is 335 g/mol. The standard InChI is InChI=1S/C18H33N5O/c1-13(12-17-14(2)21-23(5)15(17)3)20-18(24)19-10-11-22(4)16-8-6-7-9-16/h13,16H,6-12H2,1-5H3,(H2,19,20,24)/t13-/m0/s1. The Morgan fingerprint density at radius 3 is 2.62 bits per heavy atom. The van der Waals surface area contributed by atoms with E-state index in [1.807, 2.05) is 25.6 Å². The average Bonchev–Trinajstić information content (AvgIpc) is 3.12. The van der Waals surface area contributed by atoms with Crippen LogP contribution in [0.3, 0.4) is 0 Å². The molecule has 0 unspecified atom stereocenters. The van der Waals surface area contributed by atoms with Gasteiger partial charge in [0.05, 0.1) is 5.69 Å². The summed E-state index contributed by atoms with van der Waals surface area (Å²) in [6, 6.07) is 0.700. The third-order valence-electron chi connectivity index (χ3n) is 5.24. The lowest BCUT2D eigenvalue weighted by molar-refractivity contribution is 0.226. The molecule has 0 saturated heterocycles. The number of amides is 2. The Morgan fingerprint density at radius 1 is 1.38 bits per heavy atom. The summed E-state index contributed by atoms with van der Waals surface area (Å²) in [4.78, 5) is 14.4. The summed E-state index contributed by atoms with van der Waals surface area (Å²) < 4.78 is 1.90. The van der Waals surface area contributed by atoms with Gasteiger partial charge in [-0.05, 0) is 52.6 Å². The van der Waals surface area contributed by atoms with E-state index in [0.29, 0.717) is 12.6 Å². The molecule has 2 rings (SSSR count). The molecule has 1 atom stereocenters. The van der Waals surface area contributed by atoms with Crippen molar-refractivity contribution < 1.29 is 4.79 Å². The Kier molecular flexibility index (Phi) is 6.66.